The van der Waals surface area contributed by atoms with Gasteiger partial charge in [-0.15, -0.1) is 0 Å². The van der Waals surface area contributed by atoms with Gasteiger partial charge in [-0.1, -0.05) is 12.1 Å². The first-order chi connectivity index (χ1) is 8.65. The maximum atomic E-state index is 8.81. The summed E-state index contributed by atoms with van der Waals surface area (Å²) in [5, 5.41) is 8.81. The molecule has 0 aromatic heterocycles. The van der Waals surface area contributed by atoms with E-state index in [0.29, 0.717) is 11.3 Å². The Kier molecular flexibility index (Phi) is 3.54. The zero-order chi connectivity index (χ0) is 13.1. The Hall–Kier alpha value is -1.99. The van der Waals surface area contributed by atoms with Crippen LogP contribution in [-0.4, -0.2) is 7.11 Å². The number of nitrogens with two attached hydrogens (primary N) is 1. The normalized spacial score (nSPS) is 9.83. The maximum absolute atomic E-state index is 8.81. The predicted molar refractivity (Wildman–Crippen MR) is 75.3 cm³/mol. The number of benzene rings is 2. The maximum Gasteiger partial charge on any atom is 0.133 e. The van der Waals surface area contributed by atoms with E-state index >= 15 is 0 Å². The molecule has 18 heavy (non-hydrogen) atoms. The molecule has 0 aliphatic heterocycles. The van der Waals surface area contributed by atoms with E-state index in [9.17, 15) is 0 Å². The van der Waals surface area contributed by atoms with Crippen LogP contribution in [0.25, 0.3) is 11.1 Å². The fourth-order valence-electron chi connectivity index (χ4n) is 1.72. The molecular formula is C14H11BrN2O. The molecule has 2 N–H and O–H groups in total. The molecule has 0 amide bonds. The lowest BCUT2D eigenvalue weighted by atomic mass is 10.0. The van der Waals surface area contributed by atoms with Crippen molar-refractivity contribution in [3.63, 3.8) is 0 Å². The zero-order valence-electron chi connectivity index (χ0n) is 9.77. The highest BCUT2D eigenvalue weighted by atomic mass is 79.9. The van der Waals surface area contributed by atoms with Gasteiger partial charge in [0.05, 0.1) is 23.2 Å². The number of ether oxygens (including phenoxy) is 1. The van der Waals surface area contributed by atoms with Gasteiger partial charge in [-0.05, 0) is 45.8 Å². The molecule has 2 aromatic rings. The number of anilines is 1. The summed E-state index contributed by atoms with van der Waals surface area (Å²) >= 11 is 3.41. The van der Waals surface area contributed by atoms with Gasteiger partial charge in [0.1, 0.15) is 5.75 Å². The standard InChI is InChI=1S/C14H11BrN2O/c1-18-14-7-10(3-5-12(14)15)11-4-2-9(8-16)6-13(11)17/h2-7H,17H2,1H3. The van der Waals surface area contributed by atoms with Gasteiger partial charge in [-0.25, -0.2) is 0 Å². The number of methoxy groups -OCH3 is 1. The van der Waals surface area contributed by atoms with Gasteiger partial charge in [-0.3, -0.25) is 0 Å². The molecule has 0 aliphatic carbocycles. The molecule has 3 nitrogen and oxygen atoms in total. The summed E-state index contributed by atoms with van der Waals surface area (Å²) in [6.07, 6.45) is 0. The van der Waals surface area contributed by atoms with Crippen molar-refractivity contribution in [2.75, 3.05) is 12.8 Å². The highest BCUT2D eigenvalue weighted by molar-refractivity contribution is 9.10. The van der Waals surface area contributed by atoms with Gasteiger partial charge >= 0.3 is 0 Å². The van der Waals surface area contributed by atoms with Crippen molar-refractivity contribution in [1.29, 1.82) is 5.26 Å². The molecule has 0 fully saturated rings. The monoisotopic (exact) mass is 302 g/mol. The number of nitrogen functional groups attached to an aromatic ring is 1. The minimum Gasteiger partial charge on any atom is -0.496 e. The summed E-state index contributed by atoms with van der Waals surface area (Å²) in [5.74, 6) is 0.747. The topological polar surface area (TPSA) is 59.0 Å². The first-order valence-electron chi connectivity index (χ1n) is 5.29. The van der Waals surface area contributed by atoms with E-state index < -0.39 is 0 Å². The molecule has 2 aromatic carbocycles. The summed E-state index contributed by atoms with van der Waals surface area (Å²) in [6.45, 7) is 0. The van der Waals surface area contributed by atoms with Gasteiger partial charge in [0.2, 0.25) is 0 Å². The van der Waals surface area contributed by atoms with Crippen LogP contribution >= 0.6 is 15.9 Å². The lowest BCUT2D eigenvalue weighted by molar-refractivity contribution is 0.412. The Morgan fingerprint density at radius 1 is 1.22 bits per heavy atom. The summed E-state index contributed by atoms with van der Waals surface area (Å²) in [6, 6.07) is 13.1. The zero-order valence-corrected chi connectivity index (χ0v) is 11.4. The van der Waals surface area contributed by atoms with E-state index in [0.717, 1.165) is 21.3 Å². The fraction of sp³-hybridized carbons (Fsp3) is 0.0714. The van der Waals surface area contributed by atoms with Crippen molar-refractivity contribution in [3.8, 4) is 22.9 Å². The SMILES string of the molecule is COc1cc(-c2ccc(C#N)cc2N)ccc1Br. The van der Waals surface area contributed by atoms with Gasteiger partial charge in [0.15, 0.2) is 0 Å². The Balaban J connectivity index is 2.52. The summed E-state index contributed by atoms with van der Waals surface area (Å²) in [7, 11) is 1.62. The molecule has 0 aliphatic rings. The van der Waals surface area contributed by atoms with Gasteiger partial charge in [0, 0.05) is 11.3 Å². The minimum absolute atomic E-state index is 0.556. The Labute approximate surface area is 114 Å². The smallest absolute Gasteiger partial charge is 0.133 e. The van der Waals surface area contributed by atoms with Crippen LogP contribution in [0, 0.1) is 11.3 Å². The Morgan fingerprint density at radius 3 is 2.61 bits per heavy atom. The van der Waals surface area contributed by atoms with Crippen LogP contribution < -0.4 is 10.5 Å². The third-order valence-corrected chi connectivity index (χ3v) is 3.30. The lowest BCUT2D eigenvalue weighted by Crippen LogP contribution is -1.92. The van der Waals surface area contributed by atoms with Crippen molar-refractivity contribution in [1.82, 2.24) is 0 Å². The van der Waals surface area contributed by atoms with E-state index in [1.54, 1.807) is 19.2 Å². The number of nitriles is 1. The lowest BCUT2D eigenvalue weighted by Gasteiger charge is -2.09. The number of rotatable bonds is 2. The van der Waals surface area contributed by atoms with Gasteiger partial charge in [0.25, 0.3) is 0 Å². The van der Waals surface area contributed by atoms with Crippen molar-refractivity contribution < 1.29 is 4.74 Å². The molecule has 0 bridgehead atoms. The third-order valence-electron chi connectivity index (χ3n) is 2.64. The van der Waals surface area contributed by atoms with Crippen LogP contribution in [0.1, 0.15) is 5.56 Å². The van der Waals surface area contributed by atoms with E-state index in [4.69, 9.17) is 15.7 Å². The van der Waals surface area contributed by atoms with Crippen molar-refractivity contribution in [2.45, 2.75) is 0 Å². The average Bonchev–Trinajstić information content (AvgIpc) is 2.39. The first-order valence-corrected chi connectivity index (χ1v) is 6.08. The second kappa shape index (κ2) is 5.11. The summed E-state index contributed by atoms with van der Waals surface area (Å²) in [5.41, 5.74) is 8.94. The van der Waals surface area contributed by atoms with Crippen LogP contribution in [0.3, 0.4) is 0 Å². The molecule has 0 saturated carbocycles. The number of nitrogens with zero attached hydrogens (tertiary/aromatic N) is 1. The van der Waals surface area contributed by atoms with Gasteiger partial charge in [-0.2, -0.15) is 5.26 Å². The molecule has 0 atom stereocenters. The summed E-state index contributed by atoms with van der Waals surface area (Å²) < 4.78 is 6.14. The quantitative estimate of drug-likeness (QED) is 0.863. The highest BCUT2D eigenvalue weighted by Gasteiger charge is 2.07. The highest BCUT2D eigenvalue weighted by Crippen LogP contribution is 2.33. The molecule has 0 radical (unpaired) electrons. The number of hydrogen-bond donors (Lipinski definition) is 1. The second-order valence-corrected chi connectivity index (χ2v) is 4.62. The molecule has 0 unspecified atom stereocenters. The largest absolute Gasteiger partial charge is 0.496 e. The van der Waals surface area contributed by atoms with E-state index in [1.807, 2.05) is 24.3 Å². The van der Waals surface area contributed by atoms with Crippen LogP contribution in [0.5, 0.6) is 5.75 Å². The second-order valence-electron chi connectivity index (χ2n) is 3.76. The first kappa shape index (κ1) is 12.5. The molecular weight excluding hydrogens is 292 g/mol. The predicted octanol–water partition coefficient (Wildman–Crippen LogP) is 3.58. The van der Waals surface area contributed by atoms with Crippen LogP contribution in [-0.2, 0) is 0 Å². The van der Waals surface area contributed by atoms with Crippen LogP contribution in [0.15, 0.2) is 40.9 Å². The van der Waals surface area contributed by atoms with E-state index in [-0.39, 0.29) is 0 Å². The average molecular weight is 303 g/mol. The molecule has 0 spiro atoms. The number of halogens is 1. The van der Waals surface area contributed by atoms with Crippen LogP contribution in [0.2, 0.25) is 0 Å². The van der Waals surface area contributed by atoms with Crippen molar-refractivity contribution in [2.24, 2.45) is 0 Å². The fourth-order valence-corrected chi connectivity index (χ4v) is 2.13. The van der Waals surface area contributed by atoms with Gasteiger partial charge < -0.3 is 10.5 Å². The Morgan fingerprint density at radius 2 is 2.00 bits per heavy atom. The van der Waals surface area contributed by atoms with Crippen molar-refractivity contribution >= 4 is 21.6 Å². The third kappa shape index (κ3) is 2.31. The van der Waals surface area contributed by atoms with Crippen molar-refractivity contribution in [3.05, 3.63) is 46.4 Å². The molecule has 0 saturated heterocycles. The van der Waals surface area contributed by atoms with Crippen LogP contribution in [0.4, 0.5) is 5.69 Å². The molecule has 2 rings (SSSR count). The number of hydrogen-bond acceptors (Lipinski definition) is 3. The minimum atomic E-state index is 0.556. The molecule has 0 heterocycles. The van der Waals surface area contributed by atoms with E-state index in [1.165, 1.54) is 0 Å². The summed E-state index contributed by atoms with van der Waals surface area (Å²) in [4.78, 5) is 0. The molecule has 4 heteroatoms. The molecule has 90 valence electrons. The van der Waals surface area contributed by atoms with E-state index in [2.05, 4.69) is 22.0 Å². The Bertz CT molecular complexity index is 632.